The minimum Gasteiger partial charge on any atom is -0.507 e. The van der Waals surface area contributed by atoms with Gasteiger partial charge in [-0.05, 0) is 19.1 Å². The molecule has 1 aromatic rings. The quantitative estimate of drug-likeness (QED) is 0.632. The van der Waals surface area contributed by atoms with E-state index in [9.17, 15) is 19.8 Å². The van der Waals surface area contributed by atoms with E-state index < -0.39 is 18.2 Å². The van der Waals surface area contributed by atoms with Crippen LogP contribution in [0.2, 0.25) is 0 Å². The maximum Gasteiger partial charge on any atom is 0.336 e. The highest BCUT2D eigenvalue weighted by atomic mass is 16.6. The van der Waals surface area contributed by atoms with Gasteiger partial charge in [0.2, 0.25) is 0 Å². The lowest BCUT2D eigenvalue weighted by Crippen LogP contribution is -2.15. The van der Waals surface area contributed by atoms with Crippen LogP contribution in [0, 0.1) is 0 Å². The fourth-order valence-corrected chi connectivity index (χ4v) is 2.12. The van der Waals surface area contributed by atoms with Gasteiger partial charge in [0.15, 0.2) is 11.9 Å². The van der Waals surface area contributed by atoms with Crippen molar-refractivity contribution < 1.29 is 29.3 Å². The lowest BCUT2D eigenvalue weighted by Gasteiger charge is -2.14. The maximum absolute atomic E-state index is 11.5. The predicted octanol–water partition coefficient (Wildman–Crippen LogP) is 1.30. The summed E-state index contributed by atoms with van der Waals surface area (Å²) in [7, 11) is 1.38. The van der Waals surface area contributed by atoms with Crippen LogP contribution in [-0.4, -0.2) is 35.2 Å². The minimum absolute atomic E-state index is 0.0422. The number of carbonyl (C=O) groups is 2. The molecular weight excluding hydrogens is 252 g/mol. The number of phenols is 2. The van der Waals surface area contributed by atoms with E-state index >= 15 is 0 Å². The lowest BCUT2D eigenvalue weighted by atomic mass is 9.98. The van der Waals surface area contributed by atoms with Crippen LogP contribution in [0.15, 0.2) is 12.1 Å². The van der Waals surface area contributed by atoms with Crippen LogP contribution in [0.5, 0.6) is 11.5 Å². The zero-order chi connectivity index (χ0) is 14.2. The van der Waals surface area contributed by atoms with E-state index in [-0.39, 0.29) is 34.8 Å². The summed E-state index contributed by atoms with van der Waals surface area (Å²) in [5.41, 5.74) is 0.116. The van der Waals surface area contributed by atoms with Gasteiger partial charge in [0.05, 0.1) is 11.1 Å². The van der Waals surface area contributed by atoms with E-state index in [1.54, 1.807) is 0 Å². The summed E-state index contributed by atoms with van der Waals surface area (Å²) in [6, 6.07) is 2.61. The smallest absolute Gasteiger partial charge is 0.336 e. The fourth-order valence-electron chi connectivity index (χ4n) is 2.12. The van der Waals surface area contributed by atoms with Crippen LogP contribution in [0.25, 0.3) is 0 Å². The second kappa shape index (κ2) is 4.89. The Morgan fingerprint density at radius 3 is 2.63 bits per heavy atom. The number of benzene rings is 1. The average Bonchev–Trinajstić information content (AvgIpc) is 2.70. The zero-order valence-corrected chi connectivity index (χ0v) is 10.5. The third-order valence-electron chi connectivity index (χ3n) is 3.13. The van der Waals surface area contributed by atoms with Gasteiger partial charge in [-0.3, -0.25) is 4.79 Å². The van der Waals surface area contributed by atoms with Crippen molar-refractivity contribution in [1.82, 2.24) is 0 Å². The molecule has 2 atom stereocenters. The van der Waals surface area contributed by atoms with Crippen molar-refractivity contribution in [2.75, 3.05) is 7.11 Å². The Morgan fingerprint density at radius 2 is 2.11 bits per heavy atom. The molecule has 2 unspecified atom stereocenters. The molecule has 1 aliphatic heterocycles. The first-order valence-corrected chi connectivity index (χ1v) is 5.74. The van der Waals surface area contributed by atoms with Crippen molar-refractivity contribution in [3.63, 3.8) is 0 Å². The summed E-state index contributed by atoms with van der Waals surface area (Å²) in [4.78, 5) is 22.8. The number of hydrogen-bond acceptors (Lipinski definition) is 6. The Labute approximate surface area is 109 Å². The van der Waals surface area contributed by atoms with Gasteiger partial charge >= 0.3 is 5.97 Å². The highest BCUT2D eigenvalue weighted by Crippen LogP contribution is 2.42. The van der Waals surface area contributed by atoms with Gasteiger partial charge in [-0.15, -0.1) is 0 Å². The van der Waals surface area contributed by atoms with Gasteiger partial charge < -0.3 is 19.7 Å². The fraction of sp³-hybridized carbons (Fsp3) is 0.385. The van der Waals surface area contributed by atoms with Crippen molar-refractivity contribution in [3.05, 3.63) is 23.3 Å². The molecule has 1 saturated heterocycles. The number of esters is 1. The molecule has 19 heavy (non-hydrogen) atoms. The molecule has 102 valence electrons. The summed E-state index contributed by atoms with van der Waals surface area (Å²) in [6.07, 6.45) is -1.38. The third-order valence-corrected chi connectivity index (χ3v) is 3.13. The molecule has 1 heterocycles. The van der Waals surface area contributed by atoms with Gasteiger partial charge in [0.1, 0.15) is 17.6 Å². The maximum atomic E-state index is 11.5. The van der Waals surface area contributed by atoms with Gasteiger partial charge in [0.25, 0.3) is 0 Å². The largest absolute Gasteiger partial charge is 0.507 e. The van der Waals surface area contributed by atoms with Crippen molar-refractivity contribution in [2.45, 2.75) is 25.6 Å². The van der Waals surface area contributed by atoms with E-state index in [0.717, 1.165) is 0 Å². The average molecular weight is 266 g/mol. The summed E-state index contributed by atoms with van der Waals surface area (Å²) in [5, 5.41) is 19.8. The highest BCUT2D eigenvalue weighted by molar-refractivity contribution is 5.97. The monoisotopic (exact) mass is 266 g/mol. The molecule has 1 aliphatic rings. The standard InChI is InChI=1S/C13H14O6/c1-6(14)7-3-4-8(15)11(12(7)16)9-5-10(18-2)13(17)19-9/h3-4,9-10,15-16H,5H2,1-2H3. The molecule has 2 rings (SSSR count). The van der Waals surface area contributed by atoms with E-state index in [2.05, 4.69) is 0 Å². The van der Waals surface area contributed by atoms with Gasteiger partial charge in [-0.2, -0.15) is 0 Å². The van der Waals surface area contributed by atoms with E-state index in [0.29, 0.717) is 0 Å². The predicted molar refractivity (Wildman–Crippen MR) is 64.0 cm³/mol. The van der Waals surface area contributed by atoms with Crippen LogP contribution in [-0.2, 0) is 14.3 Å². The second-order valence-electron chi connectivity index (χ2n) is 4.34. The SMILES string of the molecule is COC1CC(c2c(O)ccc(C(C)=O)c2O)OC1=O. The molecular formula is C13H14O6. The van der Waals surface area contributed by atoms with Crippen molar-refractivity contribution in [1.29, 1.82) is 0 Å². The number of ether oxygens (including phenoxy) is 2. The number of methoxy groups -OCH3 is 1. The number of aromatic hydroxyl groups is 2. The number of carbonyl (C=O) groups excluding carboxylic acids is 2. The number of hydrogen-bond donors (Lipinski definition) is 2. The van der Waals surface area contributed by atoms with Gasteiger partial charge in [-0.1, -0.05) is 0 Å². The van der Waals surface area contributed by atoms with Crippen molar-refractivity contribution >= 4 is 11.8 Å². The number of cyclic esters (lactones) is 1. The lowest BCUT2D eigenvalue weighted by molar-refractivity contribution is -0.148. The first-order valence-electron chi connectivity index (χ1n) is 5.74. The Bertz CT molecular complexity index is 536. The number of phenolic OH excluding ortho intramolecular Hbond substituents is 2. The van der Waals surface area contributed by atoms with Crippen molar-refractivity contribution in [2.24, 2.45) is 0 Å². The molecule has 0 radical (unpaired) electrons. The van der Waals surface area contributed by atoms with Gasteiger partial charge in [0, 0.05) is 13.5 Å². The second-order valence-corrected chi connectivity index (χ2v) is 4.34. The van der Waals surface area contributed by atoms with E-state index in [1.165, 1.54) is 26.2 Å². The van der Waals surface area contributed by atoms with E-state index in [1.807, 2.05) is 0 Å². The normalized spacial score (nSPS) is 22.3. The van der Waals surface area contributed by atoms with Gasteiger partial charge in [-0.25, -0.2) is 4.79 Å². The van der Waals surface area contributed by atoms with Crippen molar-refractivity contribution in [3.8, 4) is 11.5 Å². The topological polar surface area (TPSA) is 93.1 Å². The first-order chi connectivity index (χ1) is 8.95. The minimum atomic E-state index is -0.822. The number of rotatable bonds is 3. The summed E-state index contributed by atoms with van der Waals surface area (Å²) in [6.45, 7) is 1.30. The number of Topliss-reactive ketones (excluding diaryl/α,β-unsaturated/α-hetero) is 1. The summed E-state index contributed by atoms with van der Waals surface area (Å²) in [5.74, 6) is -1.48. The summed E-state index contributed by atoms with van der Waals surface area (Å²) >= 11 is 0. The molecule has 1 aromatic carbocycles. The molecule has 6 heteroatoms. The highest BCUT2D eigenvalue weighted by Gasteiger charge is 2.38. The van der Waals surface area contributed by atoms with Crippen LogP contribution >= 0.6 is 0 Å². The molecule has 0 saturated carbocycles. The van der Waals surface area contributed by atoms with Crippen LogP contribution in [0.1, 0.15) is 35.4 Å². The van der Waals surface area contributed by atoms with E-state index in [4.69, 9.17) is 9.47 Å². The summed E-state index contributed by atoms with van der Waals surface area (Å²) < 4.78 is 9.98. The van der Waals surface area contributed by atoms with Crippen LogP contribution in [0.3, 0.4) is 0 Å². The molecule has 0 aromatic heterocycles. The molecule has 1 fully saturated rings. The molecule has 6 nitrogen and oxygen atoms in total. The molecule has 0 aliphatic carbocycles. The Hall–Kier alpha value is -2.08. The number of ketones is 1. The molecule has 0 bridgehead atoms. The van der Waals surface area contributed by atoms with Crippen LogP contribution in [0.4, 0.5) is 0 Å². The molecule has 0 spiro atoms. The third kappa shape index (κ3) is 2.26. The zero-order valence-electron chi connectivity index (χ0n) is 10.5. The Kier molecular flexibility index (Phi) is 3.44. The molecule has 0 amide bonds. The Morgan fingerprint density at radius 1 is 1.42 bits per heavy atom. The van der Waals surface area contributed by atoms with Crippen LogP contribution < -0.4 is 0 Å². The Balaban J connectivity index is 2.43. The first kappa shape index (κ1) is 13.4. The molecule has 2 N–H and O–H groups in total.